The molecule has 138 valence electrons. The molecule has 0 bridgehead atoms. The Balaban J connectivity index is 1.69. The number of amides is 1. The molecular weight excluding hydrogens is 320 g/mol. The highest BCUT2D eigenvalue weighted by atomic mass is 16.5. The molecular formula is C18H28N4O3. The molecule has 0 N–H and O–H groups in total. The van der Waals surface area contributed by atoms with Crippen LogP contribution in [-0.2, 0) is 9.53 Å². The average Bonchev–Trinajstić information content (AvgIpc) is 2.65. The topological polar surface area (TPSA) is 67.8 Å². The van der Waals surface area contributed by atoms with E-state index in [-0.39, 0.29) is 11.3 Å². The maximum absolute atomic E-state index is 12.3. The van der Waals surface area contributed by atoms with Crippen molar-refractivity contribution in [3.8, 4) is 5.88 Å². The fourth-order valence-electron chi connectivity index (χ4n) is 4.02. The molecule has 1 aromatic rings. The highest BCUT2D eigenvalue weighted by Crippen LogP contribution is 2.39. The van der Waals surface area contributed by atoms with Crippen molar-refractivity contribution in [2.45, 2.75) is 32.1 Å². The predicted molar refractivity (Wildman–Crippen MR) is 94.8 cm³/mol. The summed E-state index contributed by atoms with van der Waals surface area (Å²) in [6.45, 7) is 4.15. The zero-order chi connectivity index (χ0) is 17.7. The lowest BCUT2D eigenvalue weighted by molar-refractivity contribution is -0.138. The van der Waals surface area contributed by atoms with Gasteiger partial charge in [0.2, 0.25) is 17.7 Å². The molecule has 1 aromatic heterocycles. The van der Waals surface area contributed by atoms with E-state index in [1.807, 2.05) is 4.90 Å². The van der Waals surface area contributed by atoms with Crippen LogP contribution in [0.2, 0.25) is 0 Å². The van der Waals surface area contributed by atoms with Crippen molar-refractivity contribution < 1.29 is 14.3 Å². The molecule has 7 nitrogen and oxygen atoms in total. The van der Waals surface area contributed by atoms with E-state index in [2.05, 4.69) is 14.9 Å². The van der Waals surface area contributed by atoms with Crippen molar-refractivity contribution in [3.05, 3.63) is 12.3 Å². The van der Waals surface area contributed by atoms with Gasteiger partial charge in [0, 0.05) is 64.0 Å². The van der Waals surface area contributed by atoms with Crippen LogP contribution in [0.15, 0.2) is 12.3 Å². The number of aromatic nitrogens is 2. The maximum atomic E-state index is 12.3. The number of ether oxygens (including phenoxy) is 2. The number of likely N-dealkylation sites (tertiary alicyclic amines) is 1. The Morgan fingerprint density at radius 3 is 2.96 bits per heavy atom. The van der Waals surface area contributed by atoms with Crippen molar-refractivity contribution in [2.24, 2.45) is 5.41 Å². The van der Waals surface area contributed by atoms with E-state index in [1.54, 1.807) is 26.5 Å². The third kappa shape index (κ3) is 4.21. The summed E-state index contributed by atoms with van der Waals surface area (Å²) in [5.74, 6) is 1.59. The zero-order valence-corrected chi connectivity index (χ0v) is 15.2. The summed E-state index contributed by atoms with van der Waals surface area (Å²) in [6, 6.07) is 1.76. The summed E-state index contributed by atoms with van der Waals surface area (Å²) in [5, 5.41) is 0. The van der Waals surface area contributed by atoms with Gasteiger partial charge in [-0.2, -0.15) is 4.98 Å². The first kappa shape index (κ1) is 17.9. The van der Waals surface area contributed by atoms with Gasteiger partial charge >= 0.3 is 0 Å². The molecule has 2 aliphatic heterocycles. The standard InChI is InChI=1S/C18H28N4O3/c1-24-12-4-11-21-13-18(8-5-16(21)23)7-3-10-22(14-18)17-19-9-6-15(20-17)25-2/h6,9H,3-5,7-8,10-14H2,1-2H3/t18-/m0/s1. The predicted octanol–water partition coefficient (Wildman–Crippen LogP) is 1.73. The normalized spacial score (nSPS) is 24.0. The number of methoxy groups -OCH3 is 2. The van der Waals surface area contributed by atoms with Crippen LogP contribution in [-0.4, -0.2) is 67.8 Å². The second-order valence-corrected chi connectivity index (χ2v) is 7.09. The highest BCUT2D eigenvalue weighted by molar-refractivity contribution is 5.77. The highest BCUT2D eigenvalue weighted by Gasteiger charge is 2.42. The van der Waals surface area contributed by atoms with Crippen LogP contribution in [0.25, 0.3) is 0 Å². The van der Waals surface area contributed by atoms with Gasteiger partial charge in [0.05, 0.1) is 7.11 Å². The van der Waals surface area contributed by atoms with E-state index in [0.29, 0.717) is 18.9 Å². The van der Waals surface area contributed by atoms with Crippen LogP contribution in [0, 0.1) is 5.41 Å². The summed E-state index contributed by atoms with van der Waals surface area (Å²) >= 11 is 0. The Morgan fingerprint density at radius 1 is 1.28 bits per heavy atom. The quantitative estimate of drug-likeness (QED) is 0.730. The Bertz CT molecular complexity index is 597. The van der Waals surface area contributed by atoms with Gasteiger partial charge in [-0.15, -0.1) is 0 Å². The third-order valence-corrected chi connectivity index (χ3v) is 5.30. The first-order chi connectivity index (χ1) is 12.2. The Labute approximate surface area is 149 Å². The molecule has 0 saturated carbocycles. The zero-order valence-electron chi connectivity index (χ0n) is 15.2. The van der Waals surface area contributed by atoms with Gasteiger partial charge in [-0.1, -0.05) is 0 Å². The summed E-state index contributed by atoms with van der Waals surface area (Å²) < 4.78 is 10.4. The number of hydrogen-bond donors (Lipinski definition) is 0. The third-order valence-electron chi connectivity index (χ3n) is 5.30. The van der Waals surface area contributed by atoms with Crippen LogP contribution in [0.1, 0.15) is 32.1 Å². The van der Waals surface area contributed by atoms with Gasteiger partial charge < -0.3 is 19.3 Å². The van der Waals surface area contributed by atoms with Crippen LogP contribution < -0.4 is 9.64 Å². The molecule has 7 heteroatoms. The molecule has 0 aromatic carbocycles. The molecule has 0 aliphatic carbocycles. The van der Waals surface area contributed by atoms with Crippen LogP contribution >= 0.6 is 0 Å². The number of nitrogens with zero attached hydrogens (tertiary/aromatic N) is 4. The monoisotopic (exact) mass is 348 g/mol. The molecule has 2 saturated heterocycles. The van der Waals surface area contributed by atoms with Gasteiger partial charge in [0.1, 0.15) is 0 Å². The average molecular weight is 348 g/mol. The van der Waals surface area contributed by atoms with Gasteiger partial charge in [-0.05, 0) is 25.7 Å². The van der Waals surface area contributed by atoms with Gasteiger partial charge in [-0.3, -0.25) is 4.79 Å². The van der Waals surface area contributed by atoms with E-state index in [1.165, 1.54) is 0 Å². The maximum Gasteiger partial charge on any atom is 0.228 e. The molecule has 0 unspecified atom stereocenters. The smallest absolute Gasteiger partial charge is 0.228 e. The minimum absolute atomic E-state index is 0.145. The lowest BCUT2D eigenvalue weighted by Gasteiger charge is -2.48. The summed E-state index contributed by atoms with van der Waals surface area (Å²) in [5.41, 5.74) is 0.145. The summed E-state index contributed by atoms with van der Waals surface area (Å²) in [6.07, 6.45) is 6.47. The number of carbonyl (C=O) groups excluding carboxylic acids is 1. The number of rotatable bonds is 6. The molecule has 1 spiro atoms. The molecule has 2 fully saturated rings. The number of carbonyl (C=O) groups is 1. The number of anilines is 1. The second-order valence-electron chi connectivity index (χ2n) is 7.09. The van der Waals surface area contributed by atoms with Crippen molar-refractivity contribution in [3.63, 3.8) is 0 Å². The Hall–Kier alpha value is -1.89. The van der Waals surface area contributed by atoms with Crippen molar-refractivity contribution in [1.29, 1.82) is 0 Å². The summed E-state index contributed by atoms with van der Waals surface area (Å²) in [7, 11) is 3.32. The molecule has 3 rings (SSSR count). The van der Waals surface area contributed by atoms with Crippen molar-refractivity contribution in [2.75, 3.05) is 51.9 Å². The lowest BCUT2D eigenvalue weighted by Crippen LogP contribution is -2.54. The number of piperidine rings is 2. The van der Waals surface area contributed by atoms with Crippen LogP contribution in [0.4, 0.5) is 5.95 Å². The van der Waals surface area contributed by atoms with E-state index in [9.17, 15) is 4.79 Å². The Kier molecular flexibility index (Phi) is 5.73. The lowest BCUT2D eigenvalue weighted by atomic mass is 9.73. The largest absolute Gasteiger partial charge is 0.481 e. The van der Waals surface area contributed by atoms with E-state index in [0.717, 1.165) is 57.8 Å². The SMILES string of the molecule is COCCCN1C[C@]2(CCCN(c3nccc(OC)n3)C2)CCC1=O. The first-order valence-electron chi connectivity index (χ1n) is 9.04. The second kappa shape index (κ2) is 7.99. The molecule has 1 atom stereocenters. The summed E-state index contributed by atoms with van der Waals surface area (Å²) in [4.78, 5) is 25.5. The minimum Gasteiger partial charge on any atom is -0.481 e. The minimum atomic E-state index is 0.145. The van der Waals surface area contributed by atoms with Gasteiger partial charge in [0.15, 0.2) is 0 Å². The number of hydrogen-bond acceptors (Lipinski definition) is 6. The fourth-order valence-corrected chi connectivity index (χ4v) is 4.02. The van der Waals surface area contributed by atoms with Crippen molar-refractivity contribution in [1.82, 2.24) is 14.9 Å². The van der Waals surface area contributed by atoms with Crippen LogP contribution in [0.5, 0.6) is 5.88 Å². The Morgan fingerprint density at radius 2 is 2.16 bits per heavy atom. The first-order valence-corrected chi connectivity index (χ1v) is 9.04. The van der Waals surface area contributed by atoms with Crippen molar-refractivity contribution >= 4 is 11.9 Å². The van der Waals surface area contributed by atoms with E-state index in [4.69, 9.17) is 9.47 Å². The fraction of sp³-hybridized carbons (Fsp3) is 0.722. The molecule has 2 aliphatic rings. The van der Waals surface area contributed by atoms with Gasteiger partial charge in [0.25, 0.3) is 0 Å². The van der Waals surface area contributed by atoms with Gasteiger partial charge in [-0.25, -0.2) is 4.98 Å². The molecule has 3 heterocycles. The molecule has 25 heavy (non-hydrogen) atoms. The molecule has 1 amide bonds. The van der Waals surface area contributed by atoms with Crippen LogP contribution in [0.3, 0.4) is 0 Å². The van der Waals surface area contributed by atoms with E-state index >= 15 is 0 Å². The van der Waals surface area contributed by atoms with E-state index < -0.39 is 0 Å². The molecule has 0 radical (unpaired) electrons.